The van der Waals surface area contributed by atoms with Crippen LogP contribution in [0, 0.1) is 16.0 Å². The number of amides is 1. The van der Waals surface area contributed by atoms with E-state index in [2.05, 4.69) is 10.5 Å². The number of phenolic OH excluding ortho intramolecular Hbond substituents is 1. The molecule has 100 valence electrons. The predicted molar refractivity (Wildman–Crippen MR) is 68.2 cm³/mol. The van der Waals surface area contributed by atoms with Crippen LogP contribution in [-0.4, -0.2) is 22.2 Å². The molecule has 0 heterocycles. The highest BCUT2D eigenvalue weighted by molar-refractivity contribution is 6.31. The van der Waals surface area contributed by atoms with Gasteiger partial charge in [-0.25, -0.2) is 5.43 Å². The van der Waals surface area contributed by atoms with Gasteiger partial charge in [-0.15, -0.1) is 0 Å². The minimum atomic E-state index is -0.749. The van der Waals surface area contributed by atoms with Gasteiger partial charge in [0.15, 0.2) is 0 Å². The van der Waals surface area contributed by atoms with Gasteiger partial charge >= 0.3 is 5.69 Å². The molecule has 1 amide bonds. The Hall–Kier alpha value is -2.15. The van der Waals surface area contributed by atoms with Crippen molar-refractivity contribution in [2.75, 3.05) is 0 Å². The Labute approximate surface area is 113 Å². The van der Waals surface area contributed by atoms with Crippen LogP contribution in [0.25, 0.3) is 0 Å². The zero-order valence-electron chi connectivity index (χ0n) is 9.67. The number of carbonyl (C=O) groups excluding carboxylic acids is 1. The number of hydrazone groups is 1. The molecule has 1 fully saturated rings. The van der Waals surface area contributed by atoms with Crippen LogP contribution in [0.3, 0.4) is 0 Å². The van der Waals surface area contributed by atoms with E-state index in [0.29, 0.717) is 0 Å². The third-order valence-electron chi connectivity index (χ3n) is 2.61. The van der Waals surface area contributed by atoms with Gasteiger partial charge in [0.1, 0.15) is 0 Å². The van der Waals surface area contributed by atoms with E-state index in [4.69, 9.17) is 11.6 Å². The zero-order valence-corrected chi connectivity index (χ0v) is 10.4. The molecule has 0 aliphatic heterocycles. The maximum absolute atomic E-state index is 11.3. The SMILES string of the molecule is O=C(N/N=C/c1cc(Cl)cc([N+](=O)[O-])c1O)C1CC1. The maximum atomic E-state index is 11.3. The Bertz CT molecular complexity index is 569. The Balaban J connectivity index is 2.16. The molecule has 1 aromatic carbocycles. The topological polar surface area (TPSA) is 105 Å². The van der Waals surface area contributed by atoms with Crippen molar-refractivity contribution in [3.63, 3.8) is 0 Å². The monoisotopic (exact) mass is 283 g/mol. The van der Waals surface area contributed by atoms with Crippen molar-refractivity contribution >= 4 is 29.4 Å². The molecule has 1 aliphatic carbocycles. The van der Waals surface area contributed by atoms with Crippen LogP contribution in [0.4, 0.5) is 5.69 Å². The first-order chi connectivity index (χ1) is 8.99. The van der Waals surface area contributed by atoms with E-state index >= 15 is 0 Å². The highest BCUT2D eigenvalue weighted by atomic mass is 35.5. The van der Waals surface area contributed by atoms with Gasteiger partial charge in [-0.05, 0) is 18.9 Å². The van der Waals surface area contributed by atoms with Crippen molar-refractivity contribution in [2.24, 2.45) is 11.0 Å². The van der Waals surface area contributed by atoms with Crippen molar-refractivity contribution in [2.45, 2.75) is 12.8 Å². The Kier molecular flexibility index (Phi) is 3.66. The van der Waals surface area contributed by atoms with E-state index in [1.807, 2.05) is 0 Å². The zero-order chi connectivity index (χ0) is 14.0. The fourth-order valence-electron chi connectivity index (χ4n) is 1.45. The Morgan fingerprint density at radius 1 is 1.58 bits per heavy atom. The van der Waals surface area contributed by atoms with Crippen LogP contribution in [0.1, 0.15) is 18.4 Å². The van der Waals surface area contributed by atoms with E-state index < -0.39 is 16.4 Å². The first kappa shape index (κ1) is 13.3. The average Bonchev–Trinajstić information content (AvgIpc) is 3.16. The summed E-state index contributed by atoms with van der Waals surface area (Å²) in [6.45, 7) is 0. The van der Waals surface area contributed by atoms with E-state index in [1.165, 1.54) is 6.07 Å². The number of nitro benzene ring substituents is 1. The lowest BCUT2D eigenvalue weighted by atomic mass is 10.2. The van der Waals surface area contributed by atoms with E-state index in [0.717, 1.165) is 25.1 Å². The molecule has 0 unspecified atom stereocenters. The van der Waals surface area contributed by atoms with Gasteiger partial charge in [0.25, 0.3) is 0 Å². The molecule has 7 nitrogen and oxygen atoms in total. The van der Waals surface area contributed by atoms with Crippen LogP contribution < -0.4 is 5.43 Å². The number of nitrogens with zero attached hydrogens (tertiary/aromatic N) is 2. The smallest absolute Gasteiger partial charge is 0.312 e. The normalized spacial score (nSPS) is 14.6. The standard InChI is InChI=1S/C11H10ClN3O4/c12-8-3-7(10(16)9(4-8)15(18)19)5-13-14-11(17)6-1-2-6/h3-6,16H,1-2H2,(H,14,17)/b13-5+. The van der Waals surface area contributed by atoms with Crippen LogP contribution >= 0.6 is 11.6 Å². The minimum Gasteiger partial charge on any atom is -0.502 e. The van der Waals surface area contributed by atoms with Gasteiger partial charge in [-0.3, -0.25) is 14.9 Å². The summed E-state index contributed by atoms with van der Waals surface area (Å²) in [7, 11) is 0. The van der Waals surface area contributed by atoms with Gasteiger partial charge < -0.3 is 5.11 Å². The van der Waals surface area contributed by atoms with Crippen molar-refractivity contribution in [3.8, 4) is 5.75 Å². The van der Waals surface area contributed by atoms with Crippen molar-refractivity contribution in [1.82, 2.24) is 5.43 Å². The number of hydrogen-bond donors (Lipinski definition) is 2. The molecular formula is C11H10ClN3O4. The van der Waals surface area contributed by atoms with Gasteiger partial charge in [0, 0.05) is 22.6 Å². The van der Waals surface area contributed by atoms with Gasteiger partial charge in [0.2, 0.25) is 11.7 Å². The summed E-state index contributed by atoms with van der Waals surface area (Å²) in [6.07, 6.45) is 2.80. The molecule has 0 atom stereocenters. The number of nitrogens with one attached hydrogen (secondary N) is 1. The lowest BCUT2D eigenvalue weighted by Gasteiger charge is -2.01. The van der Waals surface area contributed by atoms with Crippen LogP contribution in [-0.2, 0) is 4.79 Å². The number of halogens is 1. The molecule has 1 aromatic rings. The first-order valence-corrected chi connectivity index (χ1v) is 5.86. The molecule has 0 bridgehead atoms. The molecular weight excluding hydrogens is 274 g/mol. The van der Waals surface area contributed by atoms with Gasteiger partial charge in [-0.1, -0.05) is 11.6 Å². The molecule has 1 saturated carbocycles. The molecule has 0 radical (unpaired) electrons. The van der Waals surface area contributed by atoms with E-state index in [-0.39, 0.29) is 22.4 Å². The number of nitro groups is 1. The van der Waals surface area contributed by atoms with Crippen molar-refractivity contribution < 1.29 is 14.8 Å². The van der Waals surface area contributed by atoms with Crippen LogP contribution in [0.2, 0.25) is 5.02 Å². The number of hydrogen-bond acceptors (Lipinski definition) is 5. The summed E-state index contributed by atoms with van der Waals surface area (Å²) < 4.78 is 0. The van der Waals surface area contributed by atoms with Gasteiger partial charge in [-0.2, -0.15) is 5.10 Å². The summed E-state index contributed by atoms with van der Waals surface area (Å²) in [5.41, 5.74) is 1.85. The molecule has 0 spiro atoms. The van der Waals surface area contributed by atoms with Crippen LogP contribution in [0.15, 0.2) is 17.2 Å². The lowest BCUT2D eigenvalue weighted by molar-refractivity contribution is -0.385. The Morgan fingerprint density at radius 3 is 2.84 bits per heavy atom. The molecule has 1 aliphatic rings. The quantitative estimate of drug-likeness (QED) is 0.499. The fourth-order valence-corrected chi connectivity index (χ4v) is 1.67. The maximum Gasteiger partial charge on any atom is 0.312 e. The summed E-state index contributed by atoms with van der Waals surface area (Å²) in [5, 5.41) is 24.1. The van der Waals surface area contributed by atoms with Crippen LogP contribution in [0.5, 0.6) is 5.75 Å². The summed E-state index contributed by atoms with van der Waals surface area (Å²) >= 11 is 5.70. The molecule has 19 heavy (non-hydrogen) atoms. The average molecular weight is 284 g/mol. The summed E-state index contributed by atoms with van der Waals surface area (Å²) in [6, 6.07) is 2.35. The predicted octanol–water partition coefficient (Wildman–Crippen LogP) is 1.81. The van der Waals surface area contributed by atoms with Crippen molar-refractivity contribution in [3.05, 3.63) is 32.8 Å². The highest BCUT2D eigenvalue weighted by Crippen LogP contribution is 2.32. The number of aromatic hydroxyl groups is 1. The minimum absolute atomic E-state index is 0.000514. The summed E-state index contributed by atoms with van der Waals surface area (Å²) in [5.74, 6) is -0.745. The van der Waals surface area contributed by atoms with Gasteiger partial charge in [0.05, 0.1) is 11.1 Å². The summed E-state index contributed by atoms with van der Waals surface area (Å²) in [4.78, 5) is 21.2. The molecule has 0 saturated heterocycles. The third kappa shape index (κ3) is 3.19. The molecule has 0 aromatic heterocycles. The van der Waals surface area contributed by atoms with E-state index in [1.54, 1.807) is 0 Å². The molecule has 8 heteroatoms. The molecule has 2 N–H and O–H groups in total. The largest absolute Gasteiger partial charge is 0.502 e. The number of carbonyl (C=O) groups is 1. The first-order valence-electron chi connectivity index (χ1n) is 5.49. The number of rotatable bonds is 4. The van der Waals surface area contributed by atoms with E-state index in [9.17, 15) is 20.0 Å². The molecule has 2 rings (SSSR count). The second-order valence-corrected chi connectivity index (χ2v) is 4.56. The fraction of sp³-hybridized carbons (Fsp3) is 0.273. The number of benzene rings is 1. The lowest BCUT2D eigenvalue weighted by Crippen LogP contribution is -2.18. The second kappa shape index (κ2) is 5.23. The number of phenols is 1. The highest BCUT2D eigenvalue weighted by Gasteiger charge is 2.29. The van der Waals surface area contributed by atoms with Crippen molar-refractivity contribution in [1.29, 1.82) is 0 Å². The third-order valence-corrected chi connectivity index (χ3v) is 2.83. The Morgan fingerprint density at radius 2 is 2.26 bits per heavy atom. The second-order valence-electron chi connectivity index (χ2n) is 4.13.